The number of benzene rings is 2. The summed E-state index contributed by atoms with van der Waals surface area (Å²) < 4.78 is 49.7. The molecule has 0 radical (unpaired) electrons. The highest BCUT2D eigenvalue weighted by Gasteiger charge is 2.62. The van der Waals surface area contributed by atoms with Gasteiger partial charge in [0.15, 0.2) is 5.78 Å². The van der Waals surface area contributed by atoms with Gasteiger partial charge in [0.05, 0.1) is 33.0 Å². The van der Waals surface area contributed by atoms with Crippen LogP contribution >= 0.6 is 11.3 Å². The summed E-state index contributed by atoms with van der Waals surface area (Å²) in [5, 5.41) is 0.443. The number of allylic oxidation sites excluding steroid dienone is 2. The predicted octanol–water partition coefficient (Wildman–Crippen LogP) is 6.13. The van der Waals surface area contributed by atoms with E-state index in [4.69, 9.17) is 4.74 Å². The van der Waals surface area contributed by atoms with Crippen molar-refractivity contribution in [1.82, 2.24) is 14.6 Å². The fourth-order valence-electron chi connectivity index (χ4n) is 7.39. The van der Waals surface area contributed by atoms with Gasteiger partial charge in [0, 0.05) is 18.8 Å². The summed E-state index contributed by atoms with van der Waals surface area (Å²) in [7, 11) is -3.91. The molecular weight excluding hydrogens is 666 g/mol. The van der Waals surface area contributed by atoms with Crippen molar-refractivity contribution in [1.29, 1.82) is 0 Å². The van der Waals surface area contributed by atoms with Gasteiger partial charge < -0.3 is 9.64 Å². The van der Waals surface area contributed by atoms with Crippen LogP contribution in [0.1, 0.15) is 76.7 Å². The fraction of sp³-hybridized carbons (Fsp3) is 0.514. The molecule has 2 aliphatic heterocycles. The number of halogens is 1. The van der Waals surface area contributed by atoms with Crippen molar-refractivity contribution in [2.75, 3.05) is 6.54 Å². The Bertz CT molecular complexity index is 1870. The maximum Gasteiger partial charge on any atom is 0.274 e. The Kier molecular flexibility index (Phi) is 9.14. The molecule has 2 aliphatic carbocycles. The van der Waals surface area contributed by atoms with Gasteiger partial charge in [-0.15, -0.1) is 0 Å². The number of fused-ring (bicyclic) bond motifs is 3. The zero-order chi connectivity index (χ0) is 34.4. The highest BCUT2D eigenvalue weighted by Crippen LogP contribution is 2.57. The Hall–Kier alpha value is -3.64. The van der Waals surface area contributed by atoms with Crippen LogP contribution in [-0.4, -0.2) is 59.3 Å². The van der Waals surface area contributed by atoms with Gasteiger partial charge in [-0.2, -0.15) is 0 Å². The first-order valence-corrected chi connectivity index (χ1v) is 19.6. The molecule has 12 heteroatoms. The van der Waals surface area contributed by atoms with E-state index >= 15 is 0 Å². The summed E-state index contributed by atoms with van der Waals surface area (Å²) in [6.07, 6.45) is 8.81. The van der Waals surface area contributed by atoms with E-state index in [0.717, 1.165) is 35.9 Å². The number of ketones is 1. The summed E-state index contributed by atoms with van der Waals surface area (Å²) in [6, 6.07) is 13.2. The number of nitrogens with one attached hydrogen (secondary N) is 1. The molecule has 2 saturated carbocycles. The van der Waals surface area contributed by atoms with Crippen molar-refractivity contribution < 1.29 is 31.9 Å². The topological polar surface area (TPSA) is 123 Å². The van der Waals surface area contributed by atoms with Crippen LogP contribution in [0.5, 0.6) is 5.19 Å². The molecule has 49 heavy (non-hydrogen) atoms. The van der Waals surface area contributed by atoms with Crippen molar-refractivity contribution in [3.05, 3.63) is 72.1 Å². The van der Waals surface area contributed by atoms with Crippen molar-refractivity contribution >= 4 is 49.2 Å². The lowest BCUT2D eigenvalue weighted by Crippen LogP contribution is -2.47. The zero-order valence-electron chi connectivity index (χ0n) is 27.6. The number of para-hydroxylation sites is 1. The first-order chi connectivity index (χ1) is 23.5. The third-order valence-corrected chi connectivity index (χ3v) is 14.0. The standard InChI is InChI=1S/C37H42FN3O6S2/c1-36(17-18-36)49(45,46)40-34(44)37-21-26(37)13-6-4-2-3-5-12-25(19-24-11-7-8-14-28(24)38)33(43)41-23-27(20-30(41)31(42)22-37)47-35-39-29-15-9-10-16-32(29)48-35/h6-11,13-16,25-27,30H,2-5,12,17-23H2,1H3,(H,40,44)/b13-6-/t25-,26+,27-,30+,37-/m1/s1. The number of thiazole rings is 1. The average Bonchev–Trinajstić information content (AvgIpc) is 3.88. The number of aromatic nitrogens is 1. The molecule has 3 aromatic rings. The van der Waals surface area contributed by atoms with E-state index in [-0.39, 0.29) is 49.2 Å². The Morgan fingerprint density at radius 1 is 1.10 bits per heavy atom. The molecule has 1 N–H and O–H groups in total. The third kappa shape index (κ3) is 6.91. The van der Waals surface area contributed by atoms with Crippen molar-refractivity contribution in [2.45, 2.75) is 94.4 Å². The minimum Gasteiger partial charge on any atom is -0.465 e. The summed E-state index contributed by atoms with van der Waals surface area (Å²) >= 11 is 1.39. The number of ether oxygens (including phenoxy) is 1. The molecule has 1 saturated heterocycles. The lowest BCUT2D eigenvalue weighted by atomic mass is 9.90. The van der Waals surface area contributed by atoms with E-state index < -0.39 is 44.2 Å². The van der Waals surface area contributed by atoms with Gasteiger partial charge in [0.2, 0.25) is 21.8 Å². The first kappa shape index (κ1) is 33.8. The third-order valence-electron chi connectivity index (χ3n) is 10.9. The Balaban J connectivity index is 1.19. The predicted molar refractivity (Wildman–Crippen MR) is 185 cm³/mol. The first-order valence-electron chi connectivity index (χ1n) is 17.3. The quantitative estimate of drug-likeness (QED) is 0.294. The van der Waals surface area contributed by atoms with Crippen LogP contribution in [0.15, 0.2) is 60.7 Å². The summed E-state index contributed by atoms with van der Waals surface area (Å²) in [5.74, 6) is -2.39. The molecule has 2 amide bonds. The molecule has 260 valence electrons. The molecule has 3 heterocycles. The minimum atomic E-state index is -3.91. The normalized spacial score (nSPS) is 29.3. The van der Waals surface area contributed by atoms with Gasteiger partial charge in [0.25, 0.3) is 5.19 Å². The van der Waals surface area contributed by atoms with Gasteiger partial charge in [-0.05, 0) is 81.5 Å². The molecule has 9 nitrogen and oxygen atoms in total. The van der Waals surface area contributed by atoms with Crippen molar-refractivity contribution in [3.8, 4) is 5.19 Å². The van der Waals surface area contributed by atoms with Gasteiger partial charge >= 0.3 is 0 Å². The zero-order valence-corrected chi connectivity index (χ0v) is 29.2. The SMILES string of the molecule is CC1(S(=O)(=O)NC(=O)[C@]23CC(=O)[C@@H]4C[C@@H](Oc5nc6ccccc6s5)CN4C(=O)[C@@H](Cc4ccccc4F)CCCCC/C=C\[C@H]2C3)CC1. The molecule has 4 aliphatic rings. The number of hydrogen-bond acceptors (Lipinski definition) is 8. The van der Waals surface area contributed by atoms with Crippen molar-refractivity contribution in [3.63, 3.8) is 0 Å². The molecule has 0 spiro atoms. The number of amides is 2. The van der Waals surface area contributed by atoms with E-state index in [2.05, 4.69) is 9.71 Å². The maximum absolute atomic E-state index is 14.9. The van der Waals surface area contributed by atoms with Crippen LogP contribution in [0.2, 0.25) is 0 Å². The van der Waals surface area contributed by atoms with Crippen LogP contribution in [0, 0.1) is 23.1 Å². The minimum absolute atomic E-state index is 0.147. The Morgan fingerprint density at radius 3 is 2.65 bits per heavy atom. The molecule has 7 rings (SSSR count). The monoisotopic (exact) mass is 707 g/mol. The Morgan fingerprint density at radius 2 is 1.88 bits per heavy atom. The molecule has 0 bridgehead atoms. The highest BCUT2D eigenvalue weighted by molar-refractivity contribution is 7.91. The summed E-state index contributed by atoms with van der Waals surface area (Å²) in [6.45, 7) is 1.77. The number of sulfonamides is 1. The van der Waals surface area contributed by atoms with E-state index in [1.54, 1.807) is 30.0 Å². The molecule has 3 fully saturated rings. The summed E-state index contributed by atoms with van der Waals surface area (Å²) in [5.41, 5.74) is 0.0376. The average molecular weight is 708 g/mol. The van der Waals surface area contributed by atoms with E-state index in [1.807, 2.05) is 36.4 Å². The number of hydrogen-bond donors (Lipinski definition) is 1. The second kappa shape index (κ2) is 13.2. The van der Waals surface area contributed by atoms with Gasteiger partial charge in [-0.25, -0.2) is 17.8 Å². The van der Waals surface area contributed by atoms with E-state index in [0.29, 0.717) is 36.4 Å². The second-order valence-corrected chi connectivity index (χ2v) is 17.7. The smallest absolute Gasteiger partial charge is 0.274 e. The highest BCUT2D eigenvalue weighted by atomic mass is 32.2. The fourth-order valence-corrected chi connectivity index (χ4v) is 9.61. The molecule has 0 unspecified atom stereocenters. The van der Waals surface area contributed by atoms with Crippen molar-refractivity contribution in [2.24, 2.45) is 17.3 Å². The summed E-state index contributed by atoms with van der Waals surface area (Å²) in [4.78, 5) is 48.8. The number of rotatable bonds is 7. The lowest BCUT2D eigenvalue weighted by molar-refractivity contribution is -0.142. The number of Topliss-reactive ketones (excluding diaryl/α,β-unsaturated/α-hetero) is 1. The molecule has 5 atom stereocenters. The van der Waals surface area contributed by atoms with Crippen LogP contribution in [0.4, 0.5) is 4.39 Å². The van der Waals surface area contributed by atoms with Gasteiger partial charge in [0.1, 0.15) is 11.9 Å². The number of nitrogens with zero attached hydrogens (tertiary/aromatic N) is 2. The van der Waals surface area contributed by atoms with Crippen LogP contribution in [0.25, 0.3) is 10.2 Å². The number of carbonyl (C=O) groups is 3. The molecular formula is C37H42FN3O6S2. The number of carbonyl (C=O) groups excluding carboxylic acids is 3. The molecule has 1 aromatic heterocycles. The van der Waals surface area contributed by atoms with Crippen LogP contribution in [0.3, 0.4) is 0 Å². The second-order valence-electron chi connectivity index (χ2n) is 14.5. The maximum atomic E-state index is 14.9. The molecule has 2 aromatic carbocycles. The van der Waals surface area contributed by atoms with E-state index in [1.165, 1.54) is 17.4 Å². The Labute approximate surface area is 290 Å². The van der Waals surface area contributed by atoms with E-state index in [9.17, 15) is 27.2 Å². The van der Waals surface area contributed by atoms with Crippen LogP contribution in [-0.2, 0) is 30.8 Å². The lowest BCUT2D eigenvalue weighted by Gasteiger charge is -2.29. The van der Waals surface area contributed by atoms with Gasteiger partial charge in [-0.3, -0.25) is 19.1 Å². The van der Waals surface area contributed by atoms with Gasteiger partial charge in [-0.1, -0.05) is 66.7 Å². The van der Waals surface area contributed by atoms with Crippen LogP contribution < -0.4 is 9.46 Å². The largest absolute Gasteiger partial charge is 0.465 e.